The molecular weight excluding hydrogens is 406 g/mol. The number of esters is 1. The van der Waals surface area contributed by atoms with Crippen LogP contribution in [0.15, 0.2) is 65.5 Å². The second kappa shape index (κ2) is 12.2. The van der Waals surface area contributed by atoms with Crippen LogP contribution in [0, 0.1) is 13.8 Å². The number of nitrogens with zero attached hydrogens (tertiary/aromatic N) is 2. The van der Waals surface area contributed by atoms with E-state index < -0.39 is 0 Å². The molecule has 7 nitrogen and oxygen atoms in total. The van der Waals surface area contributed by atoms with Crippen LogP contribution in [0.1, 0.15) is 34.9 Å². The number of aryl methyl sites for hydroxylation is 2. The van der Waals surface area contributed by atoms with E-state index in [1.54, 1.807) is 13.0 Å². The maximum atomic E-state index is 11.7. The summed E-state index contributed by atoms with van der Waals surface area (Å²) in [4.78, 5) is 33.7. The van der Waals surface area contributed by atoms with Gasteiger partial charge in [0.05, 0.1) is 31.7 Å². The number of aromatic nitrogens is 2. The lowest BCUT2D eigenvalue weighted by Crippen LogP contribution is -2.23. The predicted molar refractivity (Wildman–Crippen MR) is 123 cm³/mol. The van der Waals surface area contributed by atoms with Crippen molar-refractivity contribution < 1.29 is 14.3 Å². The quantitative estimate of drug-likeness (QED) is 0.575. The summed E-state index contributed by atoms with van der Waals surface area (Å²) in [5.74, 6) is -0.533. The van der Waals surface area contributed by atoms with Crippen molar-refractivity contribution in [2.75, 3.05) is 6.61 Å². The highest BCUT2D eigenvalue weighted by atomic mass is 16.5. The average Bonchev–Trinajstić information content (AvgIpc) is 2.73. The molecule has 0 radical (unpaired) electrons. The van der Waals surface area contributed by atoms with Crippen molar-refractivity contribution in [2.45, 2.75) is 40.2 Å². The van der Waals surface area contributed by atoms with Gasteiger partial charge in [0.1, 0.15) is 0 Å². The van der Waals surface area contributed by atoms with Crippen LogP contribution in [0.25, 0.3) is 0 Å². The maximum Gasteiger partial charge on any atom is 0.310 e. The molecule has 2 aromatic carbocycles. The van der Waals surface area contributed by atoms with E-state index in [2.05, 4.69) is 5.10 Å². The van der Waals surface area contributed by atoms with Gasteiger partial charge in [0, 0.05) is 6.07 Å². The van der Waals surface area contributed by atoms with Gasteiger partial charge in [-0.25, -0.2) is 4.68 Å². The summed E-state index contributed by atoms with van der Waals surface area (Å²) >= 11 is 0. The monoisotopic (exact) mass is 435 g/mol. The molecule has 3 aromatic rings. The average molecular weight is 436 g/mol. The van der Waals surface area contributed by atoms with Gasteiger partial charge in [-0.05, 0) is 43.5 Å². The smallest absolute Gasteiger partial charge is 0.310 e. The number of benzene rings is 2. The zero-order valence-corrected chi connectivity index (χ0v) is 18.7. The molecule has 0 unspecified atom stereocenters. The Kier molecular flexibility index (Phi) is 9.35. The van der Waals surface area contributed by atoms with Crippen molar-refractivity contribution in [3.05, 3.63) is 99.0 Å². The third-order valence-electron chi connectivity index (χ3n) is 4.48. The highest BCUT2D eigenvalue weighted by Gasteiger charge is 2.06. The molecule has 3 rings (SSSR count). The topological polar surface area (TPSA) is 104 Å². The molecule has 0 fully saturated rings. The lowest BCUT2D eigenvalue weighted by Gasteiger charge is -2.07. The van der Waals surface area contributed by atoms with Gasteiger partial charge in [-0.2, -0.15) is 5.10 Å². The van der Waals surface area contributed by atoms with Crippen LogP contribution in [0.3, 0.4) is 0 Å². The highest BCUT2D eigenvalue weighted by molar-refractivity contribution is 5.76. The Morgan fingerprint density at radius 3 is 2.28 bits per heavy atom. The molecule has 7 heteroatoms. The molecule has 1 heterocycles. The van der Waals surface area contributed by atoms with Gasteiger partial charge in [-0.3, -0.25) is 14.4 Å². The first-order valence-corrected chi connectivity index (χ1v) is 10.4. The summed E-state index contributed by atoms with van der Waals surface area (Å²) in [7, 11) is 0. The van der Waals surface area contributed by atoms with Crippen LogP contribution in [-0.4, -0.2) is 28.3 Å². The number of rotatable bonds is 7. The Balaban J connectivity index is 0.000000278. The maximum absolute atomic E-state index is 11.7. The number of carbonyl (C=O) groups excluding carboxylic acids is 2. The number of nitrogens with two attached hydrogens (primary N) is 1. The first-order valence-electron chi connectivity index (χ1n) is 10.4. The van der Waals surface area contributed by atoms with E-state index in [0.717, 1.165) is 22.4 Å². The third-order valence-corrected chi connectivity index (χ3v) is 4.48. The number of carbonyl (C=O) groups is 2. The van der Waals surface area contributed by atoms with E-state index in [1.165, 1.54) is 16.3 Å². The molecule has 1 aromatic heterocycles. The molecule has 32 heavy (non-hydrogen) atoms. The van der Waals surface area contributed by atoms with Gasteiger partial charge in [0.15, 0.2) is 0 Å². The Morgan fingerprint density at radius 1 is 0.938 bits per heavy atom. The van der Waals surface area contributed by atoms with Gasteiger partial charge < -0.3 is 10.5 Å². The van der Waals surface area contributed by atoms with Crippen molar-refractivity contribution in [3.63, 3.8) is 0 Å². The van der Waals surface area contributed by atoms with Crippen LogP contribution in [0.4, 0.5) is 0 Å². The van der Waals surface area contributed by atoms with E-state index in [4.69, 9.17) is 10.5 Å². The third kappa shape index (κ3) is 8.55. The van der Waals surface area contributed by atoms with Crippen LogP contribution in [0.2, 0.25) is 0 Å². The molecule has 0 aliphatic heterocycles. The minimum Gasteiger partial charge on any atom is -0.466 e. The zero-order valence-electron chi connectivity index (χ0n) is 18.7. The molecule has 0 spiro atoms. The van der Waals surface area contributed by atoms with Crippen LogP contribution in [0.5, 0.6) is 0 Å². The van der Waals surface area contributed by atoms with Gasteiger partial charge in [0.2, 0.25) is 5.91 Å². The fraction of sp³-hybridized carbons (Fsp3) is 0.280. The summed E-state index contributed by atoms with van der Waals surface area (Å²) in [6, 6.07) is 18.5. The van der Waals surface area contributed by atoms with E-state index in [1.807, 2.05) is 62.4 Å². The molecule has 2 N–H and O–H groups in total. The van der Waals surface area contributed by atoms with E-state index >= 15 is 0 Å². The standard InChI is InChI=1S/C16H18N2O3.C9H11NO/c1-3-21-16(20)10-13-5-4-6-14(9-13)11-18-15(19)8-7-12(2)17-18;1-7-2-4-8(5-3-7)6-9(10)11/h4-9H,3,10-11H2,1-2H3;2-5H,6H2,1H3,(H2,10,11). The Morgan fingerprint density at radius 2 is 1.62 bits per heavy atom. The summed E-state index contributed by atoms with van der Waals surface area (Å²) in [6.45, 7) is 6.39. The minimum absolute atomic E-state index is 0.142. The first kappa shape index (κ1) is 24.5. The fourth-order valence-corrected chi connectivity index (χ4v) is 2.96. The summed E-state index contributed by atoms with van der Waals surface area (Å²) in [5.41, 5.74) is 9.63. The molecule has 1 amide bonds. The van der Waals surface area contributed by atoms with Crippen LogP contribution in [-0.2, 0) is 33.7 Å². The van der Waals surface area contributed by atoms with Crippen molar-refractivity contribution >= 4 is 11.9 Å². The van der Waals surface area contributed by atoms with Crippen LogP contribution < -0.4 is 11.3 Å². The summed E-state index contributed by atoms with van der Waals surface area (Å²) in [6.07, 6.45) is 0.568. The lowest BCUT2D eigenvalue weighted by molar-refractivity contribution is -0.142. The van der Waals surface area contributed by atoms with E-state index in [-0.39, 0.29) is 23.9 Å². The van der Waals surface area contributed by atoms with E-state index in [9.17, 15) is 14.4 Å². The number of hydrogen-bond donors (Lipinski definition) is 1. The Bertz CT molecular complexity index is 1100. The number of hydrogen-bond acceptors (Lipinski definition) is 5. The second-order valence-corrected chi connectivity index (χ2v) is 7.40. The van der Waals surface area contributed by atoms with Crippen molar-refractivity contribution in [1.29, 1.82) is 0 Å². The van der Waals surface area contributed by atoms with Crippen molar-refractivity contribution in [3.8, 4) is 0 Å². The fourth-order valence-electron chi connectivity index (χ4n) is 2.96. The summed E-state index contributed by atoms with van der Waals surface area (Å²) < 4.78 is 6.35. The SMILES string of the molecule is CCOC(=O)Cc1cccc(Cn2nc(C)ccc2=O)c1.Cc1ccc(CC(N)=O)cc1. The Hall–Kier alpha value is -3.74. The normalized spacial score (nSPS) is 10.1. The van der Waals surface area contributed by atoms with Gasteiger partial charge in [0.25, 0.3) is 5.56 Å². The van der Waals surface area contributed by atoms with Crippen LogP contribution >= 0.6 is 0 Å². The molecule has 0 aliphatic carbocycles. The van der Waals surface area contributed by atoms with E-state index in [0.29, 0.717) is 19.6 Å². The molecule has 0 saturated heterocycles. The van der Waals surface area contributed by atoms with Gasteiger partial charge in [-0.15, -0.1) is 0 Å². The molecular formula is C25H29N3O4. The van der Waals surface area contributed by atoms with Crippen molar-refractivity contribution in [1.82, 2.24) is 9.78 Å². The molecule has 0 saturated carbocycles. The summed E-state index contributed by atoms with van der Waals surface area (Å²) in [5, 5.41) is 4.20. The van der Waals surface area contributed by atoms with Gasteiger partial charge >= 0.3 is 5.97 Å². The molecule has 0 atom stereocenters. The molecule has 0 bridgehead atoms. The molecule has 0 aliphatic rings. The predicted octanol–water partition coefficient (Wildman–Crippen LogP) is 2.73. The highest BCUT2D eigenvalue weighted by Crippen LogP contribution is 2.08. The Labute approximate surface area is 187 Å². The number of primary amides is 1. The second-order valence-electron chi connectivity index (χ2n) is 7.40. The van der Waals surface area contributed by atoms with Crippen molar-refractivity contribution in [2.24, 2.45) is 5.73 Å². The number of amides is 1. The number of ether oxygens (including phenoxy) is 1. The zero-order chi connectivity index (χ0) is 23.5. The lowest BCUT2D eigenvalue weighted by atomic mass is 10.1. The largest absolute Gasteiger partial charge is 0.466 e. The first-order chi connectivity index (χ1) is 15.3. The molecule has 168 valence electrons. The minimum atomic E-state index is -0.283. The van der Waals surface area contributed by atoms with Gasteiger partial charge in [-0.1, -0.05) is 54.1 Å².